The third-order valence-corrected chi connectivity index (χ3v) is 6.19. The Labute approximate surface area is 161 Å². The number of nitrogens with zero attached hydrogens (tertiary/aromatic N) is 2. The van der Waals surface area contributed by atoms with Crippen molar-refractivity contribution in [2.24, 2.45) is 5.73 Å². The normalized spacial score (nSPS) is 17.1. The number of aryl methyl sites for hydroxylation is 1. The summed E-state index contributed by atoms with van der Waals surface area (Å²) in [7, 11) is 0. The topological polar surface area (TPSA) is 81.1 Å². The summed E-state index contributed by atoms with van der Waals surface area (Å²) in [4.78, 5) is 16.4. The highest BCUT2D eigenvalue weighted by Gasteiger charge is 2.46. The maximum atomic E-state index is 12.2. The molecule has 1 fully saturated rings. The predicted molar refractivity (Wildman–Crippen MR) is 106 cm³/mol. The number of aliphatic hydroxyl groups is 1. The van der Waals surface area contributed by atoms with E-state index in [0.29, 0.717) is 18.4 Å². The monoisotopic (exact) mass is 453 g/mol. The van der Waals surface area contributed by atoms with Crippen LogP contribution in [-0.2, 0) is 12.8 Å². The predicted octanol–water partition coefficient (Wildman–Crippen LogP) is 3.22. The molecule has 1 atom stereocenters. The molecule has 134 valence electrons. The fourth-order valence-electron chi connectivity index (χ4n) is 3.94. The third kappa shape index (κ3) is 3.10. The number of carbonyl (C=O) groups excluding carboxylic acids is 1. The Bertz CT molecular complexity index is 796. The zero-order valence-electron chi connectivity index (χ0n) is 14.6. The van der Waals surface area contributed by atoms with Gasteiger partial charge in [0.05, 0.1) is 24.2 Å². The van der Waals surface area contributed by atoms with Crippen LogP contribution in [0.3, 0.4) is 0 Å². The molecule has 0 radical (unpaired) electrons. The molecule has 0 bridgehead atoms. The van der Waals surface area contributed by atoms with Crippen LogP contribution in [0.4, 0.5) is 0 Å². The summed E-state index contributed by atoms with van der Waals surface area (Å²) in [6, 6.07) is 3.46. The molecule has 1 amide bonds. The zero-order chi connectivity index (χ0) is 18.2. The van der Waals surface area contributed by atoms with Crippen LogP contribution < -0.4 is 5.73 Å². The van der Waals surface area contributed by atoms with Gasteiger partial charge in [-0.05, 0) is 77.5 Å². The van der Waals surface area contributed by atoms with Gasteiger partial charge >= 0.3 is 0 Å². The maximum absolute atomic E-state index is 12.2. The molecule has 1 unspecified atom stereocenters. The zero-order valence-corrected chi connectivity index (χ0v) is 16.8. The number of halogens is 1. The Balaban J connectivity index is 2.32. The van der Waals surface area contributed by atoms with Crippen LogP contribution in [0.15, 0.2) is 24.7 Å². The summed E-state index contributed by atoms with van der Waals surface area (Å²) in [5.74, 6) is -0.449. The number of nitrogens with two attached hydrogens (primary N) is 1. The summed E-state index contributed by atoms with van der Waals surface area (Å²) in [6.07, 6.45) is 7.59. The van der Waals surface area contributed by atoms with Gasteiger partial charge < -0.3 is 15.4 Å². The number of rotatable bonds is 6. The lowest BCUT2D eigenvalue weighted by molar-refractivity contribution is -0.0660. The van der Waals surface area contributed by atoms with Crippen LogP contribution in [-0.4, -0.2) is 26.2 Å². The van der Waals surface area contributed by atoms with Crippen LogP contribution in [0.5, 0.6) is 0 Å². The van der Waals surface area contributed by atoms with E-state index in [-0.39, 0.29) is 6.04 Å². The highest BCUT2D eigenvalue weighted by molar-refractivity contribution is 14.1. The molecule has 6 heteroatoms. The number of primary amides is 1. The highest BCUT2D eigenvalue weighted by Crippen LogP contribution is 2.47. The molecule has 25 heavy (non-hydrogen) atoms. The van der Waals surface area contributed by atoms with Gasteiger partial charge in [0.15, 0.2) is 0 Å². The summed E-state index contributed by atoms with van der Waals surface area (Å²) >= 11 is 2.22. The van der Waals surface area contributed by atoms with Crippen molar-refractivity contribution in [2.45, 2.75) is 57.6 Å². The van der Waals surface area contributed by atoms with Gasteiger partial charge in [0.2, 0.25) is 5.91 Å². The van der Waals surface area contributed by atoms with Crippen molar-refractivity contribution in [3.8, 4) is 0 Å². The first-order chi connectivity index (χ1) is 11.9. The number of aromatic nitrogens is 2. The fourth-order valence-corrected chi connectivity index (χ4v) is 4.51. The largest absolute Gasteiger partial charge is 0.387 e. The van der Waals surface area contributed by atoms with E-state index in [1.165, 1.54) is 5.56 Å². The first-order valence-corrected chi connectivity index (χ1v) is 9.85. The van der Waals surface area contributed by atoms with Gasteiger partial charge in [-0.3, -0.25) is 4.79 Å². The van der Waals surface area contributed by atoms with Crippen LogP contribution in [0.25, 0.3) is 0 Å². The number of imidazole rings is 1. The molecule has 5 nitrogen and oxygen atoms in total. The molecule has 0 saturated heterocycles. The van der Waals surface area contributed by atoms with Gasteiger partial charge in [0.25, 0.3) is 0 Å². The van der Waals surface area contributed by atoms with Crippen LogP contribution in [0, 0.1) is 3.70 Å². The van der Waals surface area contributed by atoms with Crippen LogP contribution in [0.2, 0.25) is 0 Å². The van der Waals surface area contributed by atoms with Gasteiger partial charge in [0.1, 0.15) is 3.70 Å². The number of hydrogen-bond donors (Lipinski definition) is 2. The summed E-state index contributed by atoms with van der Waals surface area (Å²) < 4.78 is 2.92. The Kier molecular flexibility index (Phi) is 5.20. The molecule has 0 aliphatic heterocycles. The molecule has 0 spiro atoms. The molecular formula is C19H24IN3O2. The minimum Gasteiger partial charge on any atom is -0.387 e. The van der Waals surface area contributed by atoms with Crippen molar-refractivity contribution in [1.29, 1.82) is 0 Å². The SMILES string of the molecule is CCc1ccc(C(N)=O)c(C(n2cncc2I)C2(O)CCC2)c1CC. The summed E-state index contributed by atoms with van der Waals surface area (Å²) in [6.45, 7) is 4.19. The van der Waals surface area contributed by atoms with Crippen molar-refractivity contribution in [3.05, 3.63) is 50.6 Å². The van der Waals surface area contributed by atoms with Gasteiger partial charge in [-0.15, -0.1) is 0 Å². The Morgan fingerprint density at radius 3 is 2.56 bits per heavy atom. The molecule has 1 aromatic carbocycles. The second-order valence-electron chi connectivity index (χ2n) is 6.72. The van der Waals surface area contributed by atoms with Gasteiger partial charge in [-0.1, -0.05) is 19.9 Å². The van der Waals surface area contributed by atoms with Crippen LogP contribution in [0.1, 0.15) is 66.2 Å². The number of amides is 1. The lowest BCUT2D eigenvalue weighted by Crippen LogP contribution is -2.47. The van der Waals surface area contributed by atoms with E-state index in [0.717, 1.165) is 34.1 Å². The Morgan fingerprint density at radius 1 is 1.40 bits per heavy atom. The molecule has 1 aromatic heterocycles. The average molecular weight is 453 g/mol. The molecule has 1 aliphatic carbocycles. The third-order valence-electron chi connectivity index (χ3n) is 5.35. The van der Waals surface area contributed by atoms with E-state index in [1.807, 2.05) is 16.7 Å². The van der Waals surface area contributed by atoms with E-state index in [4.69, 9.17) is 5.73 Å². The first kappa shape index (κ1) is 18.4. The van der Waals surface area contributed by atoms with E-state index in [9.17, 15) is 9.90 Å². The average Bonchev–Trinajstić information content (AvgIpc) is 2.98. The van der Waals surface area contributed by atoms with Crippen LogP contribution >= 0.6 is 22.6 Å². The molecule has 1 aliphatic rings. The van der Waals surface area contributed by atoms with Gasteiger partial charge in [0, 0.05) is 5.56 Å². The number of hydrogen-bond acceptors (Lipinski definition) is 3. The van der Waals surface area contributed by atoms with Gasteiger partial charge in [-0.25, -0.2) is 4.98 Å². The molecule has 1 saturated carbocycles. The van der Waals surface area contributed by atoms with Crippen molar-refractivity contribution < 1.29 is 9.90 Å². The quantitative estimate of drug-likeness (QED) is 0.660. The summed E-state index contributed by atoms with van der Waals surface area (Å²) in [5, 5.41) is 11.3. The second-order valence-corrected chi connectivity index (χ2v) is 7.82. The minimum atomic E-state index is -0.874. The Morgan fingerprint density at radius 2 is 2.12 bits per heavy atom. The molecule has 3 N–H and O–H groups in total. The lowest BCUT2D eigenvalue weighted by atomic mass is 9.70. The van der Waals surface area contributed by atoms with Crippen molar-refractivity contribution >= 4 is 28.5 Å². The van der Waals surface area contributed by atoms with Crippen molar-refractivity contribution in [1.82, 2.24) is 9.55 Å². The van der Waals surface area contributed by atoms with E-state index in [1.54, 1.807) is 12.5 Å². The molecule has 3 rings (SSSR count). The van der Waals surface area contributed by atoms with E-state index < -0.39 is 11.5 Å². The standard InChI is InChI=1S/C19H24IN3O2/c1-3-12-6-7-14(18(21)24)16(13(12)4-2)17(19(25)8-5-9-19)23-11-22-10-15(23)20/h6-7,10-11,17,25H,3-5,8-9H2,1-2H3,(H2,21,24). The van der Waals surface area contributed by atoms with Gasteiger partial charge in [-0.2, -0.15) is 0 Å². The molecule has 1 heterocycles. The summed E-state index contributed by atoms with van der Waals surface area (Å²) in [5.41, 5.74) is 8.53. The highest BCUT2D eigenvalue weighted by atomic mass is 127. The minimum absolute atomic E-state index is 0.348. The maximum Gasteiger partial charge on any atom is 0.249 e. The van der Waals surface area contributed by atoms with Crippen molar-refractivity contribution in [2.75, 3.05) is 0 Å². The molecule has 2 aromatic rings. The smallest absolute Gasteiger partial charge is 0.249 e. The molecular weight excluding hydrogens is 429 g/mol. The fraction of sp³-hybridized carbons (Fsp3) is 0.474. The number of benzene rings is 1. The second kappa shape index (κ2) is 7.07. The van der Waals surface area contributed by atoms with Crippen molar-refractivity contribution in [3.63, 3.8) is 0 Å². The van der Waals surface area contributed by atoms with E-state index >= 15 is 0 Å². The van der Waals surface area contributed by atoms with E-state index in [2.05, 4.69) is 41.4 Å². The Hall–Kier alpha value is -1.41. The first-order valence-electron chi connectivity index (χ1n) is 8.77. The lowest BCUT2D eigenvalue weighted by Gasteiger charge is -2.45. The number of carbonyl (C=O) groups is 1.